The maximum atomic E-state index is 6.01. The van der Waals surface area contributed by atoms with Crippen LogP contribution in [0.4, 0.5) is 5.69 Å². The Kier molecular flexibility index (Phi) is 2.10. The van der Waals surface area contributed by atoms with Crippen molar-refractivity contribution in [1.82, 2.24) is 5.32 Å². The second kappa shape index (κ2) is 3.26. The average molecular weight is 196 g/mol. The summed E-state index contributed by atoms with van der Waals surface area (Å²) in [6, 6.07) is 5.44. The second-order valence-corrected chi connectivity index (χ2v) is 3.30. The zero-order valence-corrected chi connectivity index (χ0v) is 7.80. The van der Waals surface area contributed by atoms with Crippen LogP contribution in [-0.2, 0) is 0 Å². The van der Waals surface area contributed by atoms with Gasteiger partial charge in [-0.15, -0.1) is 0 Å². The van der Waals surface area contributed by atoms with Crippen LogP contribution in [0.2, 0.25) is 5.02 Å². The molecule has 0 atom stereocenters. The van der Waals surface area contributed by atoms with Gasteiger partial charge in [-0.2, -0.15) is 0 Å². The molecule has 1 heterocycles. The lowest BCUT2D eigenvalue weighted by atomic mass is 10.2. The summed E-state index contributed by atoms with van der Waals surface area (Å²) in [5.74, 6) is 0.866. The molecule has 0 aromatic heterocycles. The van der Waals surface area contributed by atoms with E-state index in [2.05, 4.69) is 10.3 Å². The Morgan fingerprint density at radius 3 is 2.92 bits per heavy atom. The summed E-state index contributed by atoms with van der Waals surface area (Å²) >= 11 is 6.01. The number of nitrogens with two attached hydrogens (primary N) is 1. The average Bonchev–Trinajstić information content (AvgIpc) is 2.56. The van der Waals surface area contributed by atoms with Gasteiger partial charge in [0.15, 0.2) is 0 Å². The Hall–Kier alpha value is -1.22. The van der Waals surface area contributed by atoms with Crippen LogP contribution in [0.1, 0.15) is 5.56 Å². The minimum atomic E-state index is 0.646. The third kappa shape index (κ3) is 1.60. The molecule has 0 bridgehead atoms. The molecule has 0 spiro atoms. The summed E-state index contributed by atoms with van der Waals surface area (Å²) in [4.78, 5) is 4.28. The highest BCUT2D eigenvalue weighted by atomic mass is 35.5. The lowest BCUT2D eigenvalue weighted by molar-refractivity contribution is 0.960. The maximum Gasteiger partial charge on any atom is 0.129 e. The topological polar surface area (TPSA) is 50.4 Å². The minimum Gasteiger partial charge on any atom is -0.399 e. The van der Waals surface area contributed by atoms with Gasteiger partial charge in [-0.05, 0) is 18.2 Å². The molecule has 0 fully saturated rings. The Labute approximate surface area is 81.6 Å². The molecule has 68 valence electrons. The van der Waals surface area contributed by atoms with E-state index in [4.69, 9.17) is 17.3 Å². The molecule has 0 radical (unpaired) electrons. The van der Waals surface area contributed by atoms with Gasteiger partial charge in [-0.3, -0.25) is 4.99 Å². The van der Waals surface area contributed by atoms with E-state index < -0.39 is 0 Å². The molecule has 2 rings (SSSR count). The molecule has 1 aromatic rings. The first-order valence-corrected chi connectivity index (χ1v) is 4.49. The normalized spacial score (nSPS) is 15.3. The predicted octanol–water partition coefficient (Wildman–Crippen LogP) is 1.27. The van der Waals surface area contributed by atoms with Gasteiger partial charge in [-0.1, -0.05) is 11.6 Å². The first-order valence-electron chi connectivity index (χ1n) is 4.11. The summed E-state index contributed by atoms with van der Waals surface area (Å²) < 4.78 is 0. The van der Waals surface area contributed by atoms with Crippen LogP contribution in [0.5, 0.6) is 0 Å². The number of aliphatic imine (C=N–C) groups is 1. The van der Waals surface area contributed by atoms with Gasteiger partial charge in [0.2, 0.25) is 0 Å². The fourth-order valence-electron chi connectivity index (χ4n) is 1.30. The largest absolute Gasteiger partial charge is 0.399 e. The lowest BCUT2D eigenvalue weighted by Gasteiger charge is -2.05. The van der Waals surface area contributed by atoms with E-state index in [1.54, 1.807) is 6.07 Å². The second-order valence-electron chi connectivity index (χ2n) is 2.90. The van der Waals surface area contributed by atoms with Crippen LogP contribution in [0.15, 0.2) is 23.2 Å². The van der Waals surface area contributed by atoms with E-state index in [0.717, 1.165) is 24.5 Å². The standard InChI is InChI=1S/C9H10ClN3/c10-8-5-6(11)1-2-7(8)9-12-3-4-13-9/h1-2,5H,3-4,11H2,(H,12,13). The van der Waals surface area contributed by atoms with Gasteiger partial charge < -0.3 is 11.1 Å². The molecule has 0 amide bonds. The van der Waals surface area contributed by atoms with Gasteiger partial charge in [0, 0.05) is 17.8 Å². The van der Waals surface area contributed by atoms with E-state index in [1.165, 1.54) is 0 Å². The molecule has 0 saturated carbocycles. The molecule has 3 nitrogen and oxygen atoms in total. The number of nitrogens with zero attached hydrogens (tertiary/aromatic N) is 1. The molecule has 13 heavy (non-hydrogen) atoms. The third-order valence-corrected chi connectivity index (χ3v) is 2.24. The zero-order chi connectivity index (χ0) is 9.26. The van der Waals surface area contributed by atoms with Gasteiger partial charge >= 0.3 is 0 Å². The predicted molar refractivity (Wildman–Crippen MR) is 55.3 cm³/mol. The highest BCUT2D eigenvalue weighted by Gasteiger charge is 2.10. The Morgan fingerprint density at radius 1 is 1.46 bits per heavy atom. The van der Waals surface area contributed by atoms with Crippen molar-refractivity contribution < 1.29 is 0 Å². The van der Waals surface area contributed by atoms with Crippen molar-refractivity contribution >= 4 is 23.1 Å². The number of anilines is 1. The van der Waals surface area contributed by atoms with Crippen LogP contribution in [-0.4, -0.2) is 18.9 Å². The molecular weight excluding hydrogens is 186 g/mol. The van der Waals surface area contributed by atoms with Gasteiger partial charge in [0.1, 0.15) is 5.84 Å². The van der Waals surface area contributed by atoms with Crippen LogP contribution in [0.3, 0.4) is 0 Å². The van der Waals surface area contributed by atoms with Gasteiger partial charge in [0.05, 0.1) is 11.6 Å². The molecule has 3 N–H and O–H groups in total. The Balaban J connectivity index is 2.40. The Bertz CT molecular complexity index is 360. The van der Waals surface area contributed by atoms with Crippen LogP contribution < -0.4 is 11.1 Å². The van der Waals surface area contributed by atoms with E-state index in [0.29, 0.717) is 10.7 Å². The highest BCUT2D eigenvalue weighted by molar-refractivity contribution is 6.34. The first-order chi connectivity index (χ1) is 6.27. The van der Waals surface area contributed by atoms with Crippen LogP contribution in [0.25, 0.3) is 0 Å². The number of hydrogen-bond acceptors (Lipinski definition) is 3. The Morgan fingerprint density at radius 2 is 2.31 bits per heavy atom. The molecule has 0 saturated heterocycles. The smallest absolute Gasteiger partial charge is 0.129 e. The monoisotopic (exact) mass is 195 g/mol. The van der Waals surface area contributed by atoms with Crippen LogP contribution in [0, 0.1) is 0 Å². The summed E-state index contributed by atoms with van der Waals surface area (Å²) in [6.45, 7) is 1.70. The number of rotatable bonds is 1. The SMILES string of the molecule is Nc1ccc(C2=NCCN2)c(Cl)c1. The summed E-state index contributed by atoms with van der Waals surface area (Å²) in [5.41, 5.74) is 7.18. The fourth-order valence-corrected chi connectivity index (χ4v) is 1.58. The summed E-state index contributed by atoms with van der Waals surface area (Å²) in [6.07, 6.45) is 0. The van der Waals surface area contributed by atoms with Crippen molar-refractivity contribution in [3.05, 3.63) is 28.8 Å². The summed E-state index contributed by atoms with van der Waals surface area (Å²) in [7, 11) is 0. The minimum absolute atomic E-state index is 0.646. The van der Waals surface area contributed by atoms with E-state index in [-0.39, 0.29) is 0 Å². The first kappa shape index (κ1) is 8.38. The summed E-state index contributed by atoms with van der Waals surface area (Å²) in [5, 5.41) is 3.80. The number of nitrogens with one attached hydrogen (secondary N) is 1. The quantitative estimate of drug-likeness (QED) is 0.664. The van der Waals surface area contributed by atoms with Gasteiger partial charge in [-0.25, -0.2) is 0 Å². The number of amidine groups is 1. The molecule has 0 aliphatic carbocycles. The van der Waals surface area contributed by atoms with Crippen molar-refractivity contribution in [2.75, 3.05) is 18.8 Å². The highest BCUT2D eigenvalue weighted by Crippen LogP contribution is 2.19. The van der Waals surface area contributed by atoms with Crippen molar-refractivity contribution in [1.29, 1.82) is 0 Å². The molecule has 4 heteroatoms. The molecule has 1 aliphatic heterocycles. The number of benzene rings is 1. The van der Waals surface area contributed by atoms with Crippen molar-refractivity contribution in [3.63, 3.8) is 0 Å². The van der Waals surface area contributed by atoms with E-state index in [1.807, 2.05) is 12.1 Å². The zero-order valence-electron chi connectivity index (χ0n) is 7.05. The van der Waals surface area contributed by atoms with Gasteiger partial charge in [0.25, 0.3) is 0 Å². The van der Waals surface area contributed by atoms with Crippen molar-refractivity contribution in [2.24, 2.45) is 4.99 Å². The number of nitrogen functional groups attached to an aromatic ring is 1. The molecule has 1 aliphatic rings. The molecule has 1 aromatic carbocycles. The maximum absolute atomic E-state index is 6.01. The third-order valence-electron chi connectivity index (χ3n) is 1.92. The molecular formula is C9H10ClN3. The van der Waals surface area contributed by atoms with Crippen LogP contribution >= 0.6 is 11.6 Å². The number of hydrogen-bond donors (Lipinski definition) is 2. The van der Waals surface area contributed by atoms with Crippen molar-refractivity contribution in [2.45, 2.75) is 0 Å². The fraction of sp³-hybridized carbons (Fsp3) is 0.222. The number of halogens is 1. The van der Waals surface area contributed by atoms with E-state index >= 15 is 0 Å². The van der Waals surface area contributed by atoms with Crippen molar-refractivity contribution in [3.8, 4) is 0 Å². The molecule has 0 unspecified atom stereocenters. The van der Waals surface area contributed by atoms with E-state index in [9.17, 15) is 0 Å². The lowest BCUT2D eigenvalue weighted by Crippen LogP contribution is -2.19.